The molecule has 0 spiro atoms. The first-order valence-electron chi connectivity index (χ1n) is 14.4. The molecule has 0 aromatic heterocycles. The summed E-state index contributed by atoms with van der Waals surface area (Å²) in [5.41, 5.74) is 4.42. The molecular weight excluding hydrogens is 576 g/mol. The van der Waals surface area contributed by atoms with E-state index in [9.17, 15) is 18.0 Å². The van der Waals surface area contributed by atoms with E-state index >= 15 is 0 Å². The predicted molar refractivity (Wildman–Crippen MR) is 174 cm³/mol. The van der Waals surface area contributed by atoms with Crippen molar-refractivity contribution in [3.05, 3.63) is 108 Å². The van der Waals surface area contributed by atoms with Gasteiger partial charge < -0.3 is 15.1 Å². The zero-order chi connectivity index (χ0) is 31.9. The summed E-state index contributed by atoms with van der Waals surface area (Å²) >= 11 is 0. The Morgan fingerprint density at radius 3 is 2.18 bits per heavy atom. The average molecular weight is 617 g/mol. The molecule has 0 heterocycles. The molecule has 4 rings (SSSR count). The lowest BCUT2D eigenvalue weighted by atomic mass is 10.00. The van der Waals surface area contributed by atoms with Crippen LogP contribution in [0.25, 0.3) is 10.8 Å². The fourth-order valence-corrected chi connectivity index (χ4v) is 5.61. The number of fused-ring (bicyclic) bond motifs is 1. The Morgan fingerprint density at radius 1 is 0.841 bits per heavy atom. The minimum atomic E-state index is -3.78. The number of carbonyl (C=O) groups excluding carboxylic acids is 2. The smallest absolute Gasteiger partial charge is 0.410 e. The van der Waals surface area contributed by atoms with E-state index in [1.807, 2.05) is 54.6 Å². The number of hydrogen-bond acceptors (Lipinski definition) is 6. The second kappa shape index (κ2) is 13.9. The number of nitrogens with zero attached hydrogens (tertiary/aromatic N) is 2. The first-order valence-corrected chi connectivity index (χ1v) is 15.9. The minimum Gasteiger partial charge on any atom is -0.444 e. The highest BCUT2D eigenvalue weighted by molar-refractivity contribution is 7.89. The van der Waals surface area contributed by atoms with Crippen molar-refractivity contribution in [2.75, 3.05) is 26.1 Å². The Kier molecular flexibility index (Phi) is 10.3. The SMILES string of the molecule is CN(CCc1ccccc1NNS(=O)(=O)c1ccccc1)C(=O)[C@@H](Cc1ccc2ccccc2c1)N(C)C(=O)OC(C)(C)C. The normalized spacial score (nSPS) is 12.4. The molecule has 0 saturated carbocycles. The van der Waals surface area contributed by atoms with Crippen molar-refractivity contribution in [2.24, 2.45) is 0 Å². The standard InChI is InChI=1S/C34H40N4O5S/c1-34(2,3)43-33(40)38(5)31(24-25-19-20-26-13-9-10-15-28(26)23-25)32(39)37(4)22-21-27-14-11-12-18-30(27)35-36-44(41,42)29-16-7-6-8-17-29/h6-20,23,31,35-36H,21-22,24H2,1-5H3/t31-/m1/s1. The van der Waals surface area contributed by atoms with Gasteiger partial charge in [0.05, 0.1) is 10.6 Å². The zero-order valence-corrected chi connectivity index (χ0v) is 26.6. The van der Waals surface area contributed by atoms with Crippen molar-refractivity contribution in [3.63, 3.8) is 0 Å². The van der Waals surface area contributed by atoms with E-state index in [0.717, 1.165) is 21.9 Å². The lowest BCUT2D eigenvalue weighted by Gasteiger charge is -2.32. The molecule has 10 heteroatoms. The summed E-state index contributed by atoms with van der Waals surface area (Å²) in [5.74, 6) is -0.235. The van der Waals surface area contributed by atoms with Gasteiger partial charge in [0.15, 0.2) is 0 Å². The summed E-state index contributed by atoms with van der Waals surface area (Å²) < 4.78 is 31.0. The van der Waals surface area contributed by atoms with Crippen molar-refractivity contribution in [1.82, 2.24) is 14.6 Å². The van der Waals surface area contributed by atoms with Gasteiger partial charge in [-0.25, -0.2) is 13.2 Å². The Balaban J connectivity index is 1.49. The van der Waals surface area contributed by atoms with E-state index in [1.54, 1.807) is 70.1 Å². The molecule has 232 valence electrons. The fraction of sp³-hybridized carbons (Fsp3) is 0.294. The zero-order valence-electron chi connectivity index (χ0n) is 25.8. The van der Waals surface area contributed by atoms with E-state index in [4.69, 9.17) is 4.74 Å². The minimum absolute atomic E-state index is 0.141. The molecule has 0 aliphatic carbocycles. The van der Waals surface area contributed by atoms with Crippen LogP contribution >= 0.6 is 0 Å². The number of ether oxygens (including phenoxy) is 1. The molecule has 44 heavy (non-hydrogen) atoms. The van der Waals surface area contributed by atoms with Gasteiger partial charge in [-0.1, -0.05) is 78.9 Å². The van der Waals surface area contributed by atoms with Crippen molar-refractivity contribution in [1.29, 1.82) is 0 Å². The van der Waals surface area contributed by atoms with Crippen LogP contribution in [-0.2, 0) is 32.4 Å². The third-order valence-corrected chi connectivity index (χ3v) is 8.42. The first-order chi connectivity index (χ1) is 20.8. The molecule has 2 N–H and O–H groups in total. The number of benzene rings is 4. The van der Waals surface area contributed by atoms with E-state index in [0.29, 0.717) is 25.1 Å². The fourth-order valence-electron chi connectivity index (χ4n) is 4.73. The maximum atomic E-state index is 13.9. The number of hydrogen-bond donors (Lipinski definition) is 2. The summed E-state index contributed by atoms with van der Waals surface area (Å²) in [6, 6.07) is 28.6. The van der Waals surface area contributed by atoms with Crippen molar-refractivity contribution < 1.29 is 22.7 Å². The monoisotopic (exact) mass is 616 g/mol. The van der Waals surface area contributed by atoms with Crippen LogP contribution in [0.4, 0.5) is 10.5 Å². The van der Waals surface area contributed by atoms with Crippen molar-refractivity contribution >= 4 is 38.5 Å². The van der Waals surface area contributed by atoms with Gasteiger partial charge in [0.2, 0.25) is 5.91 Å². The molecule has 0 fully saturated rings. The molecule has 0 aliphatic rings. The number of rotatable bonds is 11. The number of anilines is 1. The molecule has 0 radical (unpaired) electrons. The topological polar surface area (TPSA) is 108 Å². The van der Waals surface area contributed by atoms with Gasteiger partial charge in [-0.3, -0.25) is 9.69 Å². The van der Waals surface area contributed by atoms with Crippen LogP contribution in [0.15, 0.2) is 102 Å². The molecule has 0 bridgehead atoms. The molecule has 0 unspecified atom stereocenters. The maximum absolute atomic E-state index is 13.9. The van der Waals surface area contributed by atoms with Gasteiger partial charge in [0.25, 0.3) is 10.0 Å². The van der Waals surface area contributed by atoms with E-state index in [2.05, 4.69) is 10.3 Å². The van der Waals surface area contributed by atoms with Crippen LogP contribution < -0.4 is 10.3 Å². The van der Waals surface area contributed by atoms with Gasteiger partial charge in [-0.15, -0.1) is 4.83 Å². The average Bonchev–Trinajstić information content (AvgIpc) is 3.00. The third kappa shape index (κ3) is 8.58. The third-order valence-electron chi connectivity index (χ3n) is 7.16. The number of para-hydroxylation sites is 1. The van der Waals surface area contributed by atoms with Gasteiger partial charge in [0.1, 0.15) is 11.6 Å². The van der Waals surface area contributed by atoms with Crippen molar-refractivity contribution in [3.8, 4) is 0 Å². The number of sulfonamides is 1. The number of nitrogens with one attached hydrogen (secondary N) is 2. The number of amides is 2. The number of likely N-dealkylation sites (N-methyl/N-ethyl adjacent to an activating group) is 2. The van der Waals surface area contributed by atoms with Crippen LogP contribution in [0.3, 0.4) is 0 Å². The Hall–Kier alpha value is -4.41. The molecule has 9 nitrogen and oxygen atoms in total. The highest BCUT2D eigenvalue weighted by Gasteiger charge is 2.32. The lowest BCUT2D eigenvalue weighted by Crippen LogP contribution is -2.51. The van der Waals surface area contributed by atoms with Crippen LogP contribution in [0.5, 0.6) is 0 Å². The molecule has 1 atom stereocenters. The number of carbonyl (C=O) groups is 2. The second-order valence-electron chi connectivity index (χ2n) is 11.7. The Morgan fingerprint density at radius 2 is 1.48 bits per heavy atom. The van der Waals surface area contributed by atoms with E-state index in [1.165, 1.54) is 17.0 Å². The van der Waals surface area contributed by atoms with E-state index < -0.39 is 27.8 Å². The maximum Gasteiger partial charge on any atom is 0.410 e. The summed E-state index contributed by atoms with van der Waals surface area (Å²) in [5, 5.41) is 2.14. The second-order valence-corrected chi connectivity index (χ2v) is 13.4. The molecule has 0 aliphatic heterocycles. The van der Waals surface area contributed by atoms with Gasteiger partial charge in [-0.05, 0) is 67.3 Å². The molecular formula is C34H40N4O5S. The van der Waals surface area contributed by atoms with Gasteiger partial charge in [-0.2, -0.15) is 0 Å². The molecule has 0 saturated heterocycles. The van der Waals surface area contributed by atoms with Crippen LogP contribution in [0.1, 0.15) is 31.9 Å². The van der Waals surface area contributed by atoms with Gasteiger partial charge in [0, 0.05) is 27.1 Å². The molecule has 4 aromatic carbocycles. The van der Waals surface area contributed by atoms with Crippen LogP contribution in [0.2, 0.25) is 0 Å². The van der Waals surface area contributed by atoms with Crippen LogP contribution in [0, 0.1) is 0 Å². The van der Waals surface area contributed by atoms with E-state index in [-0.39, 0.29) is 10.8 Å². The van der Waals surface area contributed by atoms with Gasteiger partial charge >= 0.3 is 6.09 Å². The highest BCUT2D eigenvalue weighted by Crippen LogP contribution is 2.21. The summed E-state index contributed by atoms with van der Waals surface area (Å²) in [7, 11) is -0.492. The largest absolute Gasteiger partial charge is 0.444 e. The summed E-state index contributed by atoms with van der Waals surface area (Å²) in [6.45, 7) is 5.70. The predicted octanol–water partition coefficient (Wildman–Crippen LogP) is 5.62. The Labute approximate surface area is 259 Å². The molecule has 4 aromatic rings. The Bertz CT molecular complexity index is 1700. The summed E-state index contributed by atoms with van der Waals surface area (Å²) in [4.78, 5) is 32.5. The highest BCUT2D eigenvalue weighted by atomic mass is 32.2. The lowest BCUT2D eigenvalue weighted by molar-refractivity contribution is -0.135. The summed E-state index contributed by atoms with van der Waals surface area (Å²) in [6.07, 6.45) is 0.172. The van der Waals surface area contributed by atoms with Crippen molar-refractivity contribution in [2.45, 2.75) is 50.2 Å². The van der Waals surface area contributed by atoms with Crippen LogP contribution in [-0.4, -0.2) is 62.5 Å². The number of hydrazine groups is 1. The molecule has 2 amide bonds. The quantitative estimate of drug-likeness (QED) is 0.212. The first kappa shape index (κ1) is 32.5.